The van der Waals surface area contributed by atoms with Gasteiger partial charge in [0.05, 0.1) is 17.5 Å². The Morgan fingerprint density at radius 3 is 2.68 bits per heavy atom. The lowest BCUT2D eigenvalue weighted by Gasteiger charge is -2.11. The molecule has 7 heteroatoms. The van der Waals surface area contributed by atoms with Gasteiger partial charge in [-0.1, -0.05) is 30.3 Å². The maximum absolute atomic E-state index is 13.2. The number of phenols is 1. The number of nitrogens with zero attached hydrogens (tertiary/aromatic N) is 3. The molecule has 0 radical (unpaired) electrons. The molecule has 34 heavy (non-hydrogen) atoms. The topological polar surface area (TPSA) is 72.1 Å². The number of hydrogen-bond donors (Lipinski definition) is 2. The highest BCUT2D eigenvalue weighted by atomic mass is 19.1. The highest BCUT2D eigenvalue weighted by molar-refractivity contribution is 6.06. The first kappa shape index (κ1) is 21.2. The van der Waals surface area contributed by atoms with Crippen LogP contribution in [0.4, 0.5) is 10.1 Å². The number of fused-ring (bicyclic) bond motifs is 1. The van der Waals surface area contributed by atoms with Gasteiger partial charge < -0.3 is 19.6 Å². The molecule has 0 spiro atoms. The predicted molar refractivity (Wildman–Crippen MR) is 130 cm³/mol. The van der Waals surface area contributed by atoms with E-state index < -0.39 is 11.6 Å². The van der Waals surface area contributed by atoms with E-state index in [1.54, 1.807) is 12.5 Å². The van der Waals surface area contributed by atoms with Crippen LogP contribution in [-0.2, 0) is 11.3 Å². The molecule has 2 aromatic heterocycles. The van der Waals surface area contributed by atoms with Gasteiger partial charge in [0.2, 0.25) is 5.91 Å². The smallest absolute Gasteiger partial charge is 0.248 e. The minimum Gasteiger partial charge on any atom is -0.505 e. The molecule has 0 bridgehead atoms. The van der Waals surface area contributed by atoms with Gasteiger partial charge in [-0.25, -0.2) is 9.37 Å². The van der Waals surface area contributed by atoms with Gasteiger partial charge in [-0.05, 0) is 53.6 Å². The second kappa shape index (κ2) is 9.07. The van der Waals surface area contributed by atoms with Crippen molar-refractivity contribution in [1.82, 2.24) is 14.1 Å². The van der Waals surface area contributed by atoms with Crippen LogP contribution in [0, 0.1) is 5.82 Å². The summed E-state index contributed by atoms with van der Waals surface area (Å²) in [6.45, 7) is 0.644. The number of halogens is 1. The van der Waals surface area contributed by atoms with Gasteiger partial charge in [0.15, 0.2) is 11.6 Å². The van der Waals surface area contributed by atoms with E-state index in [0.29, 0.717) is 17.8 Å². The van der Waals surface area contributed by atoms with E-state index >= 15 is 0 Å². The van der Waals surface area contributed by atoms with Gasteiger partial charge in [0.1, 0.15) is 0 Å². The van der Waals surface area contributed by atoms with Crippen molar-refractivity contribution in [1.29, 1.82) is 0 Å². The average molecular weight is 452 g/mol. The molecular formula is C27H21FN4O2. The SMILES string of the molecule is O=C(C=Cc1ccc(F)c(O)c1)Nc1cccc2ccn(Cc3ccc(-n4ccnc4)cc3)c12. The summed E-state index contributed by atoms with van der Waals surface area (Å²) < 4.78 is 17.3. The number of phenolic OH excluding ortho intramolecular Hbond substituents is 1. The number of aromatic hydroxyl groups is 1. The molecule has 2 heterocycles. The average Bonchev–Trinajstić information content (AvgIpc) is 3.52. The van der Waals surface area contributed by atoms with Crippen LogP contribution in [-0.4, -0.2) is 25.1 Å². The lowest BCUT2D eigenvalue weighted by Crippen LogP contribution is -2.09. The molecule has 1 amide bonds. The van der Waals surface area contributed by atoms with Crippen LogP contribution in [0.5, 0.6) is 5.75 Å². The molecule has 0 aliphatic rings. The molecule has 2 N–H and O–H groups in total. The van der Waals surface area contributed by atoms with Crippen molar-refractivity contribution in [3.63, 3.8) is 0 Å². The molecule has 168 valence electrons. The maximum atomic E-state index is 13.2. The number of carbonyl (C=O) groups excluding carboxylic acids is 1. The summed E-state index contributed by atoms with van der Waals surface area (Å²) in [4.78, 5) is 16.7. The van der Waals surface area contributed by atoms with Crippen molar-refractivity contribution in [2.24, 2.45) is 0 Å². The Kier molecular flexibility index (Phi) is 5.66. The van der Waals surface area contributed by atoms with Crippen molar-refractivity contribution < 1.29 is 14.3 Å². The number of hydrogen-bond acceptors (Lipinski definition) is 3. The predicted octanol–water partition coefficient (Wildman–Crippen LogP) is 5.37. The van der Waals surface area contributed by atoms with Crippen LogP contribution in [0.2, 0.25) is 0 Å². The van der Waals surface area contributed by atoms with E-state index in [1.807, 2.05) is 53.4 Å². The molecule has 3 aromatic carbocycles. The molecule has 0 atom stereocenters. The third-order valence-corrected chi connectivity index (χ3v) is 5.54. The van der Waals surface area contributed by atoms with Crippen molar-refractivity contribution in [3.8, 4) is 11.4 Å². The van der Waals surface area contributed by atoms with E-state index in [2.05, 4.69) is 27.0 Å². The number of nitrogens with one attached hydrogen (secondary N) is 1. The minimum atomic E-state index is -0.703. The molecule has 0 saturated carbocycles. The van der Waals surface area contributed by atoms with Crippen LogP contribution in [0.1, 0.15) is 11.1 Å². The lowest BCUT2D eigenvalue weighted by molar-refractivity contribution is -0.111. The van der Waals surface area contributed by atoms with Crippen molar-refractivity contribution >= 4 is 28.6 Å². The van der Waals surface area contributed by atoms with Crippen molar-refractivity contribution in [2.75, 3.05) is 5.32 Å². The summed E-state index contributed by atoms with van der Waals surface area (Å²) in [6.07, 6.45) is 10.3. The third-order valence-electron chi connectivity index (χ3n) is 5.54. The van der Waals surface area contributed by atoms with Gasteiger partial charge in [-0.15, -0.1) is 0 Å². The second-order valence-electron chi connectivity index (χ2n) is 7.86. The van der Waals surface area contributed by atoms with Crippen LogP contribution < -0.4 is 5.32 Å². The van der Waals surface area contributed by atoms with Crippen LogP contribution in [0.25, 0.3) is 22.7 Å². The number of carbonyl (C=O) groups is 1. The zero-order valence-electron chi connectivity index (χ0n) is 18.1. The number of rotatable bonds is 6. The first-order valence-corrected chi connectivity index (χ1v) is 10.7. The Balaban J connectivity index is 1.35. The highest BCUT2D eigenvalue weighted by Gasteiger charge is 2.09. The summed E-state index contributed by atoms with van der Waals surface area (Å²) in [6, 6.07) is 19.9. The number of anilines is 1. The monoisotopic (exact) mass is 452 g/mol. The number of para-hydroxylation sites is 1. The summed E-state index contributed by atoms with van der Waals surface area (Å²) >= 11 is 0. The second-order valence-corrected chi connectivity index (χ2v) is 7.86. The molecule has 6 nitrogen and oxygen atoms in total. The summed E-state index contributed by atoms with van der Waals surface area (Å²) in [5.41, 5.74) is 4.29. The van der Waals surface area contributed by atoms with Crippen LogP contribution in [0.3, 0.4) is 0 Å². The Hall–Kier alpha value is -4.65. The zero-order chi connectivity index (χ0) is 23.5. The van der Waals surface area contributed by atoms with E-state index in [1.165, 1.54) is 24.3 Å². The molecule has 5 rings (SSSR count). The standard InChI is InChI=1S/C27H21FN4O2/c28-23-10-6-19(16-25(23)33)7-11-26(34)30-24-3-1-2-21-12-14-31(27(21)24)17-20-4-8-22(9-5-20)32-15-13-29-18-32/h1-16,18,33H,17H2,(H,30,34). The van der Waals surface area contributed by atoms with E-state index in [9.17, 15) is 14.3 Å². The zero-order valence-corrected chi connectivity index (χ0v) is 18.1. The van der Waals surface area contributed by atoms with E-state index in [0.717, 1.165) is 28.2 Å². The Bertz CT molecular complexity index is 1490. The Labute approximate surface area is 195 Å². The van der Waals surface area contributed by atoms with Gasteiger partial charge in [-0.3, -0.25) is 4.79 Å². The van der Waals surface area contributed by atoms with Gasteiger partial charge in [0, 0.05) is 42.3 Å². The highest BCUT2D eigenvalue weighted by Crippen LogP contribution is 2.26. The molecule has 0 fully saturated rings. The number of imidazole rings is 1. The van der Waals surface area contributed by atoms with Crippen molar-refractivity contribution in [3.05, 3.63) is 115 Å². The molecule has 0 aliphatic heterocycles. The molecular weight excluding hydrogens is 431 g/mol. The largest absolute Gasteiger partial charge is 0.505 e. The summed E-state index contributed by atoms with van der Waals surface area (Å²) in [5, 5.41) is 13.4. The normalized spacial score (nSPS) is 11.3. The van der Waals surface area contributed by atoms with Crippen LogP contribution >= 0.6 is 0 Å². The first-order chi connectivity index (χ1) is 16.6. The Morgan fingerprint density at radius 2 is 1.91 bits per heavy atom. The summed E-state index contributed by atoms with van der Waals surface area (Å²) in [5.74, 6) is -1.48. The van der Waals surface area contributed by atoms with Gasteiger partial charge >= 0.3 is 0 Å². The maximum Gasteiger partial charge on any atom is 0.248 e. The quantitative estimate of drug-likeness (QED) is 0.340. The number of aromatic nitrogens is 3. The third kappa shape index (κ3) is 4.45. The van der Waals surface area contributed by atoms with Crippen molar-refractivity contribution in [2.45, 2.75) is 6.54 Å². The lowest BCUT2D eigenvalue weighted by atomic mass is 10.2. The fraction of sp³-hybridized carbons (Fsp3) is 0.0370. The molecule has 0 unspecified atom stereocenters. The minimum absolute atomic E-state index is 0.325. The molecule has 0 saturated heterocycles. The first-order valence-electron chi connectivity index (χ1n) is 10.7. The molecule has 0 aliphatic carbocycles. The molecule has 5 aromatic rings. The Morgan fingerprint density at radius 1 is 1.06 bits per heavy atom. The fourth-order valence-corrected chi connectivity index (χ4v) is 3.86. The number of amides is 1. The van der Waals surface area contributed by atoms with Gasteiger partial charge in [-0.2, -0.15) is 0 Å². The van der Waals surface area contributed by atoms with Crippen LogP contribution in [0.15, 0.2) is 97.7 Å². The fourth-order valence-electron chi connectivity index (χ4n) is 3.86. The number of benzene rings is 3. The van der Waals surface area contributed by atoms with Gasteiger partial charge in [0.25, 0.3) is 0 Å². The van der Waals surface area contributed by atoms with E-state index in [4.69, 9.17) is 0 Å². The van der Waals surface area contributed by atoms with E-state index in [-0.39, 0.29) is 5.91 Å². The summed E-state index contributed by atoms with van der Waals surface area (Å²) in [7, 11) is 0.